The lowest BCUT2D eigenvalue weighted by Gasteiger charge is -2.21. The molecule has 0 atom stereocenters. The molecule has 25 heavy (non-hydrogen) atoms. The summed E-state index contributed by atoms with van der Waals surface area (Å²) >= 11 is 5.45. The molecule has 2 aromatic carbocycles. The van der Waals surface area contributed by atoms with Crippen molar-refractivity contribution < 1.29 is 9.53 Å². The van der Waals surface area contributed by atoms with E-state index >= 15 is 0 Å². The predicted octanol–water partition coefficient (Wildman–Crippen LogP) is 3.27. The second kappa shape index (κ2) is 9.03. The molecule has 0 bridgehead atoms. The molecule has 0 unspecified atom stereocenters. The van der Waals surface area contributed by atoms with E-state index in [9.17, 15) is 4.79 Å². The third-order valence-electron chi connectivity index (χ3n) is 3.63. The molecule has 5 nitrogen and oxygen atoms in total. The number of benzene rings is 2. The average Bonchev–Trinajstić information content (AvgIpc) is 2.63. The molecule has 0 saturated heterocycles. The Morgan fingerprint density at radius 1 is 1.12 bits per heavy atom. The highest BCUT2D eigenvalue weighted by Crippen LogP contribution is 2.16. The highest BCUT2D eigenvalue weighted by atomic mass is 32.1. The number of nitrogens with one attached hydrogen (secondary N) is 2. The molecule has 0 saturated carbocycles. The van der Waals surface area contributed by atoms with Gasteiger partial charge < -0.3 is 20.3 Å². The molecule has 0 radical (unpaired) electrons. The molecular formula is C19H23N3O2S. The summed E-state index contributed by atoms with van der Waals surface area (Å²) in [6, 6.07) is 15.2. The van der Waals surface area contributed by atoms with E-state index < -0.39 is 0 Å². The van der Waals surface area contributed by atoms with Crippen LogP contribution in [0.3, 0.4) is 0 Å². The van der Waals surface area contributed by atoms with Crippen molar-refractivity contribution in [2.45, 2.75) is 13.5 Å². The van der Waals surface area contributed by atoms with Crippen molar-refractivity contribution in [3.05, 3.63) is 59.7 Å². The van der Waals surface area contributed by atoms with Gasteiger partial charge in [-0.25, -0.2) is 0 Å². The zero-order chi connectivity index (χ0) is 18.2. The molecule has 2 rings (SSSR count). The topological polar surface area (TPSA) is 53.6 Å². The third-order valence-corrected chi connectivity index (χ3v) is 4.04. The summed E-state index contributed by atoms with van der Waals surface area (Å²) in [6.45, 7) is 3.25. The van der Waals surface area contributed by atoms with Crippen molar-refractivity contribution in [1.82, 2.24) is 10.2 Å². The first-order valence-electron chi connectivity index (χ1n) is 8.09. The molecule has 132 valence electrons. The van der Waals surface area contributed by atoms with E-state index in [0.717, 1.165) is 17.0 Å². The van der Waals surface area contributed by atoms with Crippen molar-refractivity contribution >= 4 is 28.9 Å². The van der Waals surface area contributed by atoms with Crippen molar-refractivity contribution in [2.24, 2.45) is 0 Å². The fourth-order valence-electron chi connectivity index (χ4n) is 2.27. The van der Waals surface area contributed by atoms with E-state index in [1.807, 2.05) is 67.4 Å². The normalized spacial score (nSPS) is 10.0. The van der Waals surface area contributed by atoms with Crippen molar-refractivity contribution in [3.63, 3.8) is 0 Å². The standard InChI is InChI=1S/C19H23N3O2S/c1-4-24-17-11-9-16(10-12-17)21-19(25)22(3)13-14-5-7-15(8-6-14)18(23)20-2/h5-12H,4,13H2,1-3H3,(H,20,23)(H,21,25). The summed E-state index contributed by atoms with van der Waals surface area (Å²) in [5.41, 5.74) is 2.63. The van der Waals surface area contributed by atoms with E-state index in [0.29, 0.717) is 23.8 Å². The molecular weight excluding hydrogens is 334 g/mol. The second-order valence-corrected chi connectivity index (χ2v) is 5.91. The lowest BCUT2D eigenvalue weighted by atomic mass is 10.1. The van der Waals surface area contributed by atoms with Gasteiger partial charge in [-0.3, -0.25) is 4.79 Å². The Morgan fingerprint density at radius 3 is 2.32 bits per heavy atom. The second-order valence-electron chi connectivity index (χ2n) is 5.52. The van der Waals surface area contributed by atoms with E-state index in [-0.39, 0.29) is 5.91 Å². The van der Waals surface area contributed by atoms with E-state index in [1.165, 1.54) is 0 Å². The first-order chi connectivity index (χ1) is 12.0. The Morgan fingerprint density at radius 2 is 1.76 bits per heavy atom. The molecule has 2 aromatic rings. The third kappa shape index (κ3) is 5.46. The van der Waals surface area contributed by atoms with Crippen molar-refractivity contribution in [2.75, 3.05) is 26.0 Å². The van der Waals surface area contributed by atoms with Gasteiger partial charge in [0.25, 0.3) is 5.91 Å². The Bertz CT molecular complexity index is 714. The van der Waals surface area contributed by atoms with Gasteiger partial charge in [-0.1, -0.05) is 12.1 Å². The number of carbonyl (C=O) groups excluding carboxylic acids is 1. The maximum atomic E-state index is 11.6. The van der Waals surface area contributed by atoms with Crippen LogP contribution in [-0.4, -0.2) is 36.6 Å². The largest absolute Gasteiger partial charge is 0.494 e. The van der Waals surface area contributed by atoms with Crippen LogP contribution in [0.2, 0.25) is 0 Å². The summed E-state index contributed by atoms with van der Waals surface area (Å²) in [5, 5.41) is 6.44. The minimum atomic E-state index is -0.0902. The summed E-state index contributed by atoms with van der Waals surface area (Å²) in [4.78, 5) is 13.5. The van der Waals surface area contributed by atoms with Crippen LogP contribution in [0.1, 0.15) is 22.8 Å². The molecule has 0 fully saturated rings. The number of hydrogen-bond donors (Lipinski definition) is 2. The van der Waals surface area contributed by atoms with Gasteiger partial charge in [0.2, 0.25) is 0 Å². The van der Waals surface area contributed by atoms with Crippen LogP contribution < -0.4 is 15.4 Å². The molecule has 0 aromatic heterocycles. The quantitative estimate of drug-likeness (QED) is 0.777. The smallest absolute Gasteiger partial charge is 0.251 e. The highest BCUT2D eigenvalue weighted by molar-refractivity contribution is 7.80. The first-order valence-corrected chi connectivity index (χ1v) is 8.50. The summed E-state index contributed by atoms with van der Waals surface area (Å²) in [5.74, 6) is 0.746. The van der Waals surface area contributed by atoms with Gasteiger partial charge in [0.1, 0.15) is 5.75 Å². The number of hydrogen-bond acceptors (Lipinski definition) is 3. The maximum absolute atomic E-state index is 11.6. The number of nitrogens with zero attached hydrogens (tertiary/aromatic N) is 1. The predicted molar refractivity (Wildman–Crippen MR) is 105 cm³/mol. The Kier molecular flexibility index (Phi) is 6.77. The van der Waals surface area contributed by atoms with Crippen molar-refractivity contribution in [1.29, 1.82) is 0 Å². The minimum Gasteiger partial charge on any atom is -0.494 e. The van der Waals surface area contributed by atoms with Crippen LogP contribution >= 0.6 is 12.2 Å². The summed E-state index contributed by atoms with van der Waals surface area (Å²) in [7, 11) is 3.55. The molecule has 2 N–H and O–H groups in total. The highest BCUT2D eigenvalue weighted by Gasteiger charge is 2.07. The van der Waals surface area contributed by atoms with Gasteiger partial charge >= 0.3 is 0 Å². The van der Waals surface area contributed by atoms with Crippen LogP contribution in [0.5, 0.6) is 5.75 Å². The number of thiocarbonyl (C=S) groups is 1. The zero-order valence-corrected chi connectivity index (χ0v) is 15.5. The zero-order valence-electron chi connectivity index (χ0n) is 14.7. The van der Waals surface area contributed by atoms with Crippen LogP contribution in [0.25, 0.3) is 0 Å². The lowest BCUT2D eigenvalue weighted by molar-refractivity contribution is 0.0963. The summed E-state index contributed by atoms with van der Waals surface area (Å²) in [6.07, 6.45) is 0. The minimum absolute atomic E-state index is 0.0902. The van der Waals surface area contributed by atoms with E-state index in [1.54, 1.807) is 7.05 Å². The monoisotopic (exact) mass is 357 g/mol. The van der Waals surface area contributed by atoms with Crippen LogP contribution in [-0.2, 0) is 6.54 Å². The number of carbonyl (C=O) groups is 1. The van der Waals surface area contributed by atoms with Gasteiger partial charge in [0.15, 0.2) is 5.11 Å². The molecule has 1 amide bonds. The Labute approximate surface area is 154 Å². The molecule has 6 heteroatoms. The number of rotatable bonds is 6. The fraction of sp³-hybridized carbons (Fsp3) is 0.263. The van der Waals surface area contributed by atoms with Gasteiger partial charge in [-0.05, 0) is 61.1 Å². The van der Waals surface area contributed by atoms with Crippen molar-refractivity contribution in [3.8, 4) is 5.75 Å². The maximum Gasteiger partial charge on any atom is 0.251 e. The Balaban J connectivity index is 1.92. The first kappa shape index (κ1) is 18.7. The molecule has 0 aliphatic carbocycles. The van der Waals surface area contributed by atoms with Crippen LogP contribution in [0, 0.1) is 0 Å². The summed E-state index contributed by atoms with van der Waals surface area (Å²) < 4.78 is 5.43. The van der Waals surface area contributed by atoms with Gasteiger partial charge in [0, 0.05) is 31.9 Å². The van der Waals surface area contributed by atoms with E-state index in [2.05, 4.69) is 10.6 Å². The number of ether oxygens (including phenoxy) is 1. The molecule has 0 aliphatic rings. The fourth-order valence-corrected chi connectivity index (χ4v) is 2.45. The molecule has 0 spiro atoms. The van der Waals surface area contributed by atoms with Gasteiger partial charge in [-0.15, -0.1) is 0 Å². The molecule has 0 aliphatic heterocycles. The Hall–Kier alpha value is -2.60. The number of anilines is 1. The number of amides is 1. The van der Waals surface area contributed by atoms with Crippen LogP contribution in [0.4, 0.5) is 5.69 Å². The van der Waals surface area contributed by atoms with E-state index in [4.69, 9.17) is 17.0 Å². The average molecular weight is 357 g/mol. The lowest BCUT2D eigenvalue weighted by Crippen LogP contribution is -2.30. The van der Waals surface area contributed by atoms with Crippen LogP contribution in [0.15, 0.2) is 48.5 Å². The SMILES string of the molecule is CCOc1ccc(NC(=S)N(C)Cc2ccc(C(=O)NC)cc2)cc1. The van der Waals surface area contributed by atoms with Gasteiger partial charge in [0.05, 0.1) is 6.61 Å². The molecule has 0 heterocycles. The van der Waals surface area contributed by atoms with Gasteiger partial charge in [-0.2, -0.15) is 0 Å².